The van der Waals surface area contributed by atoms with Crippen molar-refractivity contribution >= 4 is 15.9 Å². The maximum atomic E-state index is 13.9. The van der Waals surface area contributed by atoms with E-state index in [1.807, 2.05) is 9.80 Å². The molecule has 0 bridgehead atoms. The Labute approximate surface area is 161 Å². The Balaban J connectivity index is 1.59. The maximum absolute atomic E-state index is 13.9. The van der Waals surface area contributed by atoms with Crippen molar-refractivity contribution in [2.24, 2.45) is 0 Å². The van der Waals surface area contributed by atoms with Gasteiger partial charge in [-0.05, 0) is 45.2 Å². The summed E-state index contributed by atoms with van der Waals surface area (Å²) in [6.07, 6.45) is 3.22. The lowest BCUT2D eigenvalue weighted by atomic mass is 9.97. The van der Waals surface area contributed by atoms with Crippen molar-refractivity contribution in [2.45, 2.75) is 50.1 Å². The van der Waals surface area contributed by atoms with Gasteiger partial charge in [0.15, 0.2) is 0 Å². The zero-order valence-corrected chi connectivity index (χ0v) is 16.8. The number of likely N-dealkylation sites (tertiary alicyclic amines) is 1. The fraction of sp³-hybridized carbons (Fsp3) is 0.632. The second-order valence-corrected chi connectivity index (χ2v) is 9.45. The fourth-order valence-corrected chi connectivity index (χ4v) is 5.59. The normalized spacial score (nSPS) is 25.5. The number of carbonyl (C=O) groups is 1. The molecule has 2 heterocycles. The number of sulfonamides is 1. The van der Waals surface area contributed by atoms with E-state index >= 15 is 0 Å². The van der Waals surface area contributed by atoms with Gasteiger partial charge in [-0.25, -0.2) is 12.8 Å². The Kier molecular flexibility index (Phi) is 6.18. The number of hydrogen-bond donors (Lipinski definition) is 0. The summed E-state index contributed by atoms with van der Waals surface area (Å²) in [5.41, 5.74) is 0. The summed E-state index contributed by atoms with van der Waals surface area (Å²) in [5, 5.41) is 0. The van der Waals surface area contributed by atoms with E-state index in [0.29, 0.717) is 19.6 Å². The van der Waals surface area contributed by atoms with Crippen LogP contribution in [0.5, 0.6) is 0 Å². The third kappa shape index (κ3) is 4.33. The van der Waals surface area contributed by atoms with Crippen LogP contribution in [0.1, 0.15) is 33.1 Å². The lowest BCUT2D eigenvalue weighted by Crippen LogP contribution is -2.54. The van der Waals surface area contributed by atoms with Crippen LogP contribution in [0.2, 0.25) is 0 Å². The lowest BCUT2D eigenvalue weighted by Gasteiger charge is -2.41. The van der Waals surface area contributed by atoms with Gasteiger partial charge < -0.3 is 4.90 Å². The molecule has 2 fully saturated rings. The summed E-state index contributed by atoms with van der Waals surface area (Å²) in [6, 6.07) is 5.95. The van der Waals surface area contributed by atoms with Gasteiger partial charge in [0.2, 0.25) is 15.9 Å². The summed E-state index contributed by atoms with van der Waals surface area (Å²) in [4.78, 5) is 16.4. The van der Waals surface area contributed by atoms with Gasteiger partial charge in [0.25, 0.3) is 0 Å². The van der Waals surface area contributed by atoms with Crippen LogP contribution < -0.4 is 0 Å². The molecule has 0 spiro atoms. The van der Waals surface area contributed by atoms with Gasteiger partial charge >= 0.3 is 0 Å². The van der Waals surface area contributed by atoms with Gasteiger partial charge in [0.05, 0.1) is 6.54 Å². The predicted molar refractivity (Wildman–Crippen MR) is 101 cm³/mol. The minimum Gasteiger partial charge on any atom is -0.336 e. The molecule has 2 saturated heterocycles. The number of carbonyl (C=O) groups excluding carboxylic acids is 1. The van der Waals surface area contributed by atoms with Gasteiger partial charge in [0, 0.05) is 38.3 Å². The topological polar surface area (TPSA) is 60.9 Å². The number of nitrogens with zero attached hydrogens (tertiary/aromatic N) is 3. The minimum absolute atomic E-state index is 0.111. The van der Waals surface area contributed by atoms with Crippen molar-refractivity contribution in [3.05, 3.63) is 30.1 Å². The third-order valence-electron chi connectivity index (χ3n) is 5.63. The summed E-state index contributed by atoms with van der Waals surface area (Å²) in [7, 11) is -3.85. The third-order valence-corrected chi connectivity index (χ3v) is 7.56. The zero-order chi connectivity index (χ0) is 19.6. The lowest BCUT2D eigenvalue weighted by molar-refractivity contribution is -0.138. The van der Waals surface area contributed by atoms with Crippen LogP contribution in [0.25, 0.3) is 0 Å². The van der Waals surface area contributed by atoms with Crippen molar-refractivity contribution in [1.82, 2.24) is 14.1 Å². The quantitative estimate of drug-likeness (QED) is 0.779. The largest absolute Gasteiger partial charge is 0.336 e. The number of hydrogen-bond acceptors (Lipinski definition) is 4. The molecule has 2 atom stereocenters. The van der Waals surface area contributed by atoms with E-state index in [0.717, 1.165) is 25.3 Å². The van der Waals surface area contributed by atoms with Gasteiger partial charge in [-0.15, -0.1) is 0 Å². The zero-order valence-electron chi connectivity index (χ0n) is 16.0. The molecule has 1 aromatic carbocycles. The molecule has 0 aromatic heterocycles. The summed E-state index contributed by atoms with van der Waals surface area (Å²) in [6.45, 7) is 5.94. The van der Waals surface area contributed by atoms with Crippen molar-refractivity contribution in [3.8, 4) is 0 Å². The summed E-state index contributed by atoms with van der Waals surface area (Å²) >= 11 is 0. The first-order valence-electron chi connectivity index (χ1n) is 9.59. The SMILES string of the molecule is CC1CCCC(C)N1C(=O)CN1CCN(S(=O)(=O)c2ccccc2F)CC1. The monoisotopic (exact) mass is 397 g/mol. The van der Waals surface area contributed by atoms with Crippen LogP contribution in [0.15, 0.2) is 29.2 Å². The Hall–Kier alpha value is -1.51. The van der Waals surface area contributed by atoms with Crippen molar-refractivity contribution in [2.75, 3.05) is 32.7 Å². The first kappa shape index (κ1) is 20.2. The van der Waals surface area contributed by atoms with Crippen LogP contribution in [0.3, 0.4) is 0 Å². The standard InChI is InChI=1S/C19H28FN3O3S/c1-15-6-5-7-16(2)23(15)19(24)14-21-10-12-22(13-11-21)27(25,26)18-9-4-3-8-17(18)20/h3-4,8-9,15-16H,5-7,10-14H2,1-2H3. The second-order valence-electron chi connectivity index (χ2n) is 7.54. The second kappa shape index (κ2) is 8.24. The van der Waals surface area contributed by atoms with Crippen molar-refractivity contribution < 1.29 is 17.6 Å². The van der Waals surface area contributed by atoms with Crippen LogP contribution in [0.4, 0.5) is 4.39 Å². The Bertz CT molecular complexity index is 768. The average Bonchev–Trinajstić information content (AvgIpc) is 2.62. The van der Waals surface area contributed by atoms with Crippen LogP contribution >= 0.6 is 0 Å². The number of rotatable bonds is 4. The number of amides is 1. The number of piperidine rings is 1. The maximum Gasteiger partial charge on any atom is 0.246 e. The highest BCUT2D eigenvalue weighted by Crippen LogP contribution is 2.23. The summed E-state index contributed by atoms with van der Waals surface area (Å²) < 4.78 is 40.5. The first-order valence-corrected chi connectivity index (χ1v) is 11.0. The molecule has 27 heavy (non-hydrogen) atoms. The van der Waals surface area contributed by atoms with Crippen molar-refractivity contribution in [1.29, 1.82) is 0 Å². The fourth-order valence-electron chi connectivity index (χ4n) is 4.11. The molecule has 150 valence electrons. The molecule has 0 aliphatic carbocycles. The molecule has 0 N–H and O–H groups in total. The first-order chi connectivity index (χ1) is 12.8. The van der Waals surface area contributed by atoms with Gasteiger partial charge in [0.1, 0.15) is 10.7 Å². The van der Waals surface area contributed by atoms with E-state index in [2.05, 4.69) is 13.8 Å². The molecule has 6 nitrogen and oxygen atoms in total. The molecule has 2 aliphatic rings. The van der Waals surface area contributed by atoms with E-state index in [-0.39, 0.29) is 36.0 Å². The highest BCUT2D eigenvalue weighted by atomic mass is 32.2. The molecule has 0 saturated carbocycles. The smallest absolute Gasteiger partial charge is 0.246 e. The molecule has 2 aliphatic heterocycles. The van der Waals surface area contributed by atoms with Crippen LogP contribution in [-0.2, 0) is 14.8 Å². The van der Waals surface area contributed by atoms with Crippen LogP contribution in [0, 0.1) is 5.82 Å². The van der Waals surface area contributed by atoms with E-state index < -0.39 is 15.8 Å². The average molecular weight is 398 g/mol. The Morgan fingerprint density at radius 3 is 2.26 bits per heavy atom. The molecule has 1 amide bonds. The van der Waals surface area contributed by atoms with E-state index in [9.17, 15) is 17.6 Å². The molecular weight excluding hydrogens is 369 g/mol. The Morgan fingerprint density at radius 2 is 1.67 bits per heavy atom. The molecule has 1 aromatic rings. The predicted octanol–water partition coefficient (Wildman–Crippen LogP) is 1.92. The highest BCUT2D eigenvalue weighted by molar-refractivity contribution is 7.89. The van der Waals surface area contributed by atoms with Crippen LogP contribution in [-0.4, -0.2) is 73.2 Å². The molecular formula is C19H28FN3O3S. The molecule has 8 heteroatoms. The minimum atomic E-state index is -3.85. The number of halogens is 1. The molecule has 0 radical (unpaired) electrons. The number of benzene rings is 1. The van der Waals surface area contributed by atoms with E-state index in [1.165, 1.54) is 22.5 Å². The summed E-state index contributed by atoms with van der Waals surface area (Å²) in [5.74, 6) is -0.622. The Morgan fingerprint density at radius 1 is 1.07 bits per heavy atom. The van der Waals surface area contributed by atoms with Gasteiger partial charge in [-0.1, -0.05) is 12.1 Å². The van der Waals surface area contributed by atoms with E-state index in [4.69, 9.17) is 0 Å². The molecule has 3 rings (SSSR count). The van der Waals surface area contributed by atoms with Gasteiger partial charge in [-0.2, -0.15) is 4.31 Å². The molecule has 2 unspecified atom stereocenters. The number of piperazine rings is 1. The van der Waals surface area contributed by atoms with Crippen molar-refractivity contribution in [3.63, 3.8) is 0 Å². The van der Waals surface area contributed by atoms with E-state index in [1.54, 1.807) is 0 Å². The van der Waals surface area contributed by atoms with Gasteiger partial charge in [-0.3, -0.25) is 9.69 Å². The highest BCUT2D eigenvalue weighted by Gasteiger charge is 2.33.